The molecular weight excluding hydrogens is 356 g/mol. The first kappa shape index (κ1) is 24.9. The second-order valence-corrected chi connectivity index (χ2v) is 8.74. The van der Waals surface area contributed by atoms with E-state index in [9.17, 15) is 20.1 Å². The van der Waals surface area contributed by atoms with Crippen LogP contribution >= 0.6 is 0 Å². The second-order valence-electron chi connectivity index (χ2n) is 8.74. The number of aliphatic hydroxyl groups is 3. The minimum atomic E-state index is -0.568. The molecule has 28 heavy (non-hydrogen) atoms. The molecule has 1 unspecified atom stereocenters. The summed E-state index contributed by atoms with van der Waals surface area (Å²) in [5.41, 5.74) is -0.198. The lowest BCUT2D eigenvalue weighted by Gasteiger charge is -2.29. The molecule has 0 spiro atoms. The van der Waals surface area contributed by atoms with E-state index in [4.69, 9.17) is 0 Å². The maximum atomic E-state index is 11.0. The van der Waals surface area contributed by atoms with Gasteiger partial charge in [-0.05, 0) is 37.0 Å². The van der Waals surface area contributed by atoms with Gasteiger partial charge in [0.1, 0.15) is 0 Å². The van der Waals surface area contributed by atoms with Crippen molar-refractivity contribution in [2.45, 2.75) is 90.4 Å². The summed E-state index contributed by atoms with van der Waals surface area (Å²) >= 11 is 0. The first-order chi connectivity index (χ1) is 13.2. The van der Waals surface area contributed by atoms with E-state index in [0.29, 0.717) is 6.42 Å². The molecule has 0 bridgehead atoms. The first-order valence-electron chi connectivity index (χ1n) is 10.7. The predicted octanol–water partition coefficient (Wildman–Crippen LogP) is 3.77. The lowest BCUT2D eigenvalue weighted by Crippen LogP contribution is -2.28. The van der Waals surface area contributed by atoms with E-state index in [2.05, 4.69) is 25.5 Å². The largest absolute Gasteiger partial charge is 0.466 e. The molecule has 0 saturated heterocycles. The zero-order chi connectivity index (χ0) is 21.2. The van der Waals surface area contributed by atoms with E-state index in [-0.39, 0.29) is 23.2 Å². The van der Waals surface area contributed by atoms with Crippen LogP contribution in [0.1, 0.15) is 72.1 Å². The Balaban J connectivity index is 2.56. The quantitative estimate of drug-likeness (QED) is 0.202. The molecule has 0 amide bonds. The van der Waals surface area contributed by atoms with Crippen molar-refractivity contribution in [3.8, 4) is 0 Å². The Morgan fingerprint density at radius 2 is 1.93 bits per heavy atom. The molecule has 1 aliphatic rings. The predicted molar refractivity (Wildman–Crippen MR) is 112 cm³/mol. The van der Waals surface area contributed by atoms with Crippen molar-refractivity contribution in [2.75, 3.05) is 7.11 Å². The number of hydrogen-bond donors (Lipinski definition) is 3. The van der Waals surface area contributed by atoms with E-state index in [1.54, 1.807) is 6.08 Å². The molecule has 5 heteroatoms. The maximum Gasteiger partial charge on any atom is 0.330 e. The van der Waals surface area contributed by atoms with Crippen LogP contribution in [-0.4, -0.2) is 46.7 Å². The average molecular weight is 397 g/mol. The van der Waals surface area contributed by atoms with Crippen LogP contribution in [0.15, 0.2) is 24.3 Å². The van der Waals surface area contributed by atoms with Gasteiger partial charge in [0.15, 0.2) is 0 Å². The number of carbonyl (C=O) groups is 1. The monoisotopic (exact) mass is 396 g/mol. The Morgan fingerprint density at radius 3 is 2.57 bits per heavy atom. The summed E-state index contributed by atoms with van der Waals surface area (Å²) in [7, 11) is 1.36. The van der Waals surface area contributed by atoms with Crippen LogP contribution in [0.4, 0.5) is 0 Å². The molecule has 5 atom stereocenters. The van der Waals surface area contributed by atoms with Gasteiger partial charge in [-0.3, -0.25) is 0 Å². The minimum absolute atomic E-state index is 0.00166. The fraction of sp³-hybridized carbons (Fsp3) is 0.783. The summed E-state index contributed by atoms with van der Waals surface area (Å²) in [4.78, 5) is 11.0. The van der Waals surface area contributed by atoms with Crippen LogP contribution in [0.2, 0.25) is 0 Å². The standard InChI is InChI=1S/C23H40O5/c1-5-6-15-23(2,3)21(26)14-13-18-17(19(24)16-20(18)25)11-9-7-8-10-12-22(27)28-4/h10,12-14,17-21,24-26H,5-9,11,15-16H2,1-4H3/b12-10+,14-13+/t17-,18-,19?,20-,21-/m1/s1. The van der Waals surface area contributed by atoms with E-state index in [1.807, 2.05) is 12.2 Å². The zero-order valence-corrected chi connectivity index (χ0v) is 18.0. The van der Waals surface area contributed by atoms with Gasteiger partial charge in [-0.1, -0.05) is 58.3 Å². The summed E-state index contributed by atoms with van der Waals surface area (Å²) in [5.74, 6) is -0.473. The molecule has 1 rings (SSSR count). The van der Waals surface area contributed by atoms with Crippen molar-refractivity contribution in [3.05, 3.63) is 24.3 Å². The van der Waals surface area contributed by atoms with E-state index in [1.165, 1.54) is 13.2 Å². The normalized spacial score (nSPS) is 27.0. The van der Waals surface area contributed by atoms with Crippen molar-refractivity contribution in [1.82, 2.24) is 0 Å². The van der Waals surface area contributed by atoms with Gasteiger partial charge in [0, 0.05) is 18.4 Å². The van der Waals surface area contributed by atoms with E-state index in [0.717, 1.165) is 44.9 Å². The molecule has 1 aliphatic carbocycles. The Bertz CT molecular complexity index is 511. The molecular formula is C23H40O5. The summed E-state index contributed by atoms with van der Waals surface area (Å²) in [6.45, 7) is 6.28. The van der Waals surface area contributed by atoms with Gasteiger partial charge in [0.25, 0.3) is 0 Å². The third-order valence-electron chi connectivity index (χ3n) is 6.02. The molecule has 0 aliphatic heterocycles. The lowest BCUT2D eigenvalue weighted by atomic mass is 9.80. The van der Waals surface area contributed by atoms with Crippen LogP contribution in [0, 0.1) is 17.3 Å². The number of esters is 1. The minimum Gasteiger partial charge on any atom is -0.466 e. The molecule has 0 aromatic rings. The number of ether oxygens (including phenoxy) is 1. The third-order valence-corrected chi connectivity index (χ3v) is 6.02. The highest BCUT2D eigenvalue weighted by Gasteiger charge is 2.40. The number of rotatable bonds is 12. The van der Waals surface area contributed by atoms with Crippen molar-refractivity contribution in [2.24, 2.45) is 17.3 Å². The van der Waals surface area contributed by atoms with Crippen molar-refractivity contribution < 1.29 is 24.9 Å². The van der Waals surface area contributed by atoms with E-state index >= 15 is 0 Å². The summed E-state index contributed by atoms with van der Waals surface area (Å²) in [5, 5.41) is 31.3. The Labute approximate surface area is 170 Å². The lowest BCUT2D eigenvalue weighted by molar-refractivity contribution is -0.134. The highest BCUT2D eigenvalue weighted by atomic mass is 16.5. The smallest absolute Gasteiger partial charge is 0.330 e. The van der Waals surface area contributed by atoms with Crippen LogP contribution in [0.3, 0.4) is 0 Å². The van der Waals surface area contributed by atoms with E-state index < -0.39 is 18.3 Å². The summed E-state index contributed by atoms with van der Waals surface area (Å²) < 4.78 is 4.55. The summed E-state index contributed by atoms with van der Waals surface area (Å²) in [6.07, 6.45) is 12.3. The average Bonchev–Trinajstić information content (AvgIpc) is 2.93. The van der Waals surface area contributed by atoms with Crippen molar-refractivity contribution in [3.63, 3.8) is 0 Å². The van der Waals surface area contributed by atoms with Gasteiger partial charge in [-0.2, -0.15) is 0 Å². The number of allylic oxidation sites excluding steroid dienone is 1. The van der Waals surface area contributed by atoms with Crippen molar-refractivity contribution >= 4 is 5.97 Å². The van der Waals surface area contributed by atoms with Crippen LogP contribution in [-0.2, 0) is 9.53 Å². The van der Waals surface area contributed by atoms with Gasteiger partial charge in [-0.25, -0.2) is 4.79 Å². The highest BCUT2D eigenvalue weighted by molar-refractivity contribution is 5.81. The van der Waals surface area contributed by atoms with Crippen LogP contribution in [0.5, 0.6) is 0 Å². The van der Waals surface area contributed by atoms with Crippen LogP contribution in [0.25, 0.3) is 0 Å². The Morgan fingerprint density at radius 1 is 1.21 bits per heavy atom. The SMILES string of the molecule is CCCCC(C)(C)[C@H](O)/C=C/[C@H]1[C@H](O)CC(O)[C@@H]1CCCC/C=C/C(=O)OC. The fourth-order valence-electron chi connectivity index (χ4n) is 3.94. The molecule has 0 radical (unpaired) electrons. The molecule has 162 valence electrons. The molecule has 1 fully saturated rings. The second kappa shape index (κ2) is 12.4. The molecule has 5 nitrogen and oxygen atoms in total. The number of methoxy groups -OCH3 is 1. The summed E-state index contributed by atoms with van der Waals surface area (Å²) in [6, 6.07) is 0. The fourth-order valence-corrected chi connectivity index (χ4v) is 3.94. The van der Waals surface area contributed by atoms with Crippen molar-refractivity contribution in [1.29, 1.82) is 0 Å². The number of carbonyl (C=O) groups excluding carboxylic acids is 1. The maximum absolute atomic E-state index is 11.0. The first-order valence-corrected chi connectivity index (χ1v) is 10.7. The van der Waals surface area contributed by atoms with Gasteiger partial charge in [0.05, 0.1) is 25.4 Å². The number of unbranched alkanes of at least 4 members (excludes halogenated alkanes) is 3. The zero-order valence-electron chi connectivity index (χ0n) is 18.0. The Hall–Kier alpha value is -1.17. The topological polar surface area (TPSA) is 87.0 Å². The van der Waals surface area contributed by atoms with Crippen LogP contribution < -0.4 is 0 Å². The molecule has 0 aromatic carbocycles. The molecule has 0 heterocycles. The highest BCUT2D eigenvalue weighted by Crippen LogP contribution is 2.38. The van der Waals surface area contributed by atoms with Gasteiger partial charge < -0.3 is 20.1 Å². The third kappa shape index (κ3) is 8.06. The molecule has 0 aromatic heterocycles. The van der Waals surface area contributed by atoms with Gasteiger partial charge in [0.2, 0.25) is 0 Å². The Kier molecular flexibility index (Phi) is 11.0. The molecule has 1 saturated carbocycles. The number of aliphatic hydroxyl groups excluding tert-OH is 3. The van der Waals surface area contributed by atoms with Gasteiger partial charge in [-0.15, -0.1) is 0 Å². The molecule has 3 N–H and O–H groups in total. The number of hydrogen-bond acceptors (Lipinski definition) is 5. The van der Waals surface area contributed by atoms with Gasteiger partial charge >= 0.3 is 5.97 Å².